The van der Waals surface area contributed by atoms with Gasteiger partial charge in [0.15, 0.2) is 5.82 Å². The number of aromatic amines is 1. The van der Waals surface area contributed by atoms with Crippen LogP contribution in [0.25, 0.3) is 0 Å². The molecule has 0 amide bonds. The van der Waals surface area contributed by atoms with E-state index in [0.717, 1.165) is 25.3 Å². The van der Waals surface area contributed by atoms with E-state index < -0.39 is 0 Å². The number of hydrogen-bond donors (Lipinski definition) is 2. The lowest BCUT2D eigenvalue weighted by molar-refractivity contribution is 0.153. The van der Waals surface area contributed by atoms with Gasteiger partial charge in [-0.3, -0.25) is 10.00 Å². The first kappa shape index (κ1) is 10.1. The van der Waals surface area contributed by atoms with Crippen LogP contribution in [0.5, 0.6) is 0 Å². The number of nitrogens with zero attached hydrogens (tertiary/aromatic N) is 2. The summed E-state index contributed by atoms with van der Waals surface area (Å²) >= 11 is 0. The maximum Gasteiger partial charge on any atom is 0.151 e. The molecule has 3 rings (SSSR count). The van der Waals surface area contributed by atoms with Crippen molar-refractivity contribution in [2.75, 3.05) is 25.0 Å². The van der Waals surface area contributed by atoms with Gasteiger partial charge in [0.25, 0.3) is 0 Å². The first-order valence-corrected chi connectivity index (χ1v) is 6.45. The predicted octanol–water partition coefficient (Wildman–Crippen LogP) is 1.92. The standard InChI is InChI=1S/C12H20N4/c1-2-16-8-4-3-5-10(16)11-9-6-7-13-12(9)15-14-11/h10H,2-8H2,1H3,(H2,13,14,15)/t10-/m1/s1. The van der Waals surface area contributed by atoms with Crippen molar-refractivity contribution in [2.45, 2.75) is 38.6 Å². The summed E-state index contributed by atoms with van der Waals surface area (Å²) in [5, 5.41) is 11.0. The third kappa shape index (κ3) is 1.52. The molecule has 88 valence electrons. The van der Waals surface area contributed by atoms with E-state index in [9.17, 15) is 0 Å². The minimum absolute atomic E-state index is 0.579. The zero-order valence-electron chi connectivity index (χ0n) is 9.92. The highest BCUT2D eigenvalue weighted by Gasteiger charge is 2.29. The zero-order valence-corrected chi connectivity index (χ0v) is 9.92. The maximum absolute atomic E-state index is 4.38. The Balaban J connectivity index is 1.89. The first-order valence-electron chi connectivity index (χ1n) is 6.45. The number of aromatic nitrogens is 2. The summed E-state index contributed by atoms with van der Waals surface area (Å²) in [6.07, 6.45) is 5.11. The highest BCUT2D eigenvalue weighted by atomic mass is 15.2. The van der Waals surface area contributed by atoms with Crippen LogP contribution < -0.4 is 5.32 Å². The molecule has 2 aliphatic rings. The van der Waals surface area contributed by atoms with Gasteiger partial charge in [-0.25, -0.2) is 0 Å². The third-order valence-corrected chi connectivity index (χ3v) is 3.92. The SMILES string of the molecule is CCN1CCCC[C@@H]1c1[nH]nc2c1CCN2. The summed E-state index contributed by atoms with van der Waals surface area (Å²) in [4.78, 5) is 2.58. The van der Waals surface area contributed by atoms with Gasteiger partial charge in [0.1, 0.15) is 0 Å². The molecule has 2 N–H and O–H groups in total. The smallest absolute Gasteiger partial charge is 0.151 e. The molecule has 4 nitrogen and oxygen atoms in total. The van der Waals surface area contributed by atoms with Gasteiger partial charge < -0.3 is 5.32 Å². The van der Waals surface area contributed by atoms with E-state index in [1.54, 1.807) is 0 Å². The van der Waals surface area contributed by atoms with E-state index in [0.29, 0.717) is 6.04 Å². The lowest BCUT2D eigenvalue weighted by Gasteiger charge is -2.34. The van der Waals surface area contributed by atoms with Crippen LogP contribution in [0, 0.1) is 0 Å². The second-order valence-corrected chi connectivity index (χ2v) is 4.78. The highest BCUT2D eigenvalue weighted by molar-refractivity contribution is 5.52. The summed E-state index contributed by atoms with van der Waals surface area (Å²) in [5.74, 6) is 1.09. The van der Waals surface area contributed by atoms with Crippen LogP contribution in [0.2, 0.25) is 0 Å². The van der Waals surface area contributed by atoms with Gasteiger partial charge in [0.05, 0.1) is 11.7 Å². The van der Waals surface area contributed by atoms with Crippen LogP contribution in [0.1, 0.15) is 43.5 Å². The number of rotatable bonds is 2. The Morgan fingerprint density at radius 1 is 1.44 bits per heavy atom. The van der Waals surface area contributed by atoms with Gasteiger partial charge in [-0.2, -0.15) is 5.10 Å². The molecule has 0 bridgehead atoms. The van der Waals surface area contributed by atoms with Crippen LogP contribution in [-0.2, 0) is 6.42 Å². The van der Waals surface area contributed by atoms with E-state index in [-0.39, 0.29) is 0 Å². The maximum atomic E-state index is 4.38. The normalized spacial score (nSPS) is 25.4. The molecule has 0 unspecified atom stereocenters. The third-order valence-electron chi connectivity index (χ3n) is 3.92. The topological polar surface area (TPSA) is 44.0 Å². The largest absolute Gasteiger partial charge is 0.368 e. The molecule has 0 saturated carbocycles. The fourth-order valence-electron chi connectivity index (χ4n) is 3.06. The number of likely N-dealkylation sites (tertiary alicyclic amines) is 1. The molecule has 1 atom stereocenters. The number of anilines is 1. The summed E-state index contributed by atoms with van der Waals surface area (Å²) in [6, 6.07) is 0.579. The van der Waals surface area contributed by atoms with Crippen molar-refractivity contribution in [1.29, 1.82) is 0 Å². The van der Waals surface area contributed by atoms with Gasteiger partial charge in [-0.15, -0.1) is 0 Å². The van der Waals surface area contributed by atoms with Crippen molar-refractivity contribution >= 4 is 5.82 Å². The van der Waals surface area contributed by atoms with Crippen molar-refractivity contribution < 1.29 is 0 Å². The molecule has 16 heavy (non-hydrogen) atoms. The Bertz CT molecular complexity index is 371. The summed E-state index contributed by atoms with van der Waals surface area (Å²) in [7, 11) is 0. The van der Waals surface area contributed by atoms with E-state index in [1.165, 1.54) is 37.1 Å². The van der Waals surface area contributed by atoms with Gasteiger partial charge in [0, 0.05) is 12.1 Å². The molecule has 0 aliphatic carbocycles. The van der Waals surface area contributed by atoms with E-state index in [2.05, 4.69) is 27.3 Å². The van der Waals surface area contributed by atoms with Crippen molar-refractivity contribution in [3.05, 3.63) is 11.3 Å². The zero-order chi connectivity index (χ0) is 11.0. The minimum atomic E-state index is 0.579. The highest BCUT2D eigenvalue weighted by Crippen LogP contribution is 2.35. The van der Waals surface area contributed by atoms with E-state index >= 15 is 0 Å². The Labute approximate surface area is 96.4 Å². The van der Waals surface area contributed by atoms with Crippen LogP contribution >= 0.6 is 0 Å². The van der Waals surface area contributed by atoms with Gasteiger partial charge in [-0.05, 0) is 32.4 Å². The lowest BCUT2D eigenvalue weighted by Crippen LogP contribution is -2.33. The van der Waals surface area contributed by atoms with Gasteiger partial charge in [-0.1, -0.05) is 13.3 Å². The Kier molecular flexibility index (Phi) is 2.59. The summed E-state index contributed by atoms with van der Waals surface area (Å²) < 4.78 is 0. The molecule has 3 heterocycles. The average molecular weight is 220 g/mol. The molecule has 1 fully saturated rings. The summed E-state index contributed by atoms with van der Waals surface area (Å²) in [5.41, 5.74) is 2.81. The van der Waals surface area contributed by atoms with Crippen LogP contribution in [0.4, 0.5) is 5.82 Å². The van der Waals surface area contributed by atoms with Crippen LogP contribution in [0.3, 0.4) is 0 Å². The first-order chi connectivity index (χ1) is 7.90. The van der Waals surface area contributed by atoms with Gasteiger partial charge in [0.2, 0.25) is 0 Å². The number of piperidine rings is 1. The Morgan fingerprint density at radius 2 is 2.38 bits per heavy atom. The minimum Gasteiger partial charge on any atom is -0.368 e. The molecular weight excluding hydrogens is 200 g/mol. The predicted molar refractivity (Wildman–Crippen MR) is 64.6 cm³/mol. The van der Waals surface area contributed by atoms with Crippen LogP contribution in [0.15, 0.2) is 0 Å². The lowest BCUT2D eigenvalue weighted by atomic mass is 9.96. The van der Waals surface area contributed by atoms with E-state index in [1.807, 2.05) is 0 Å². The van der Waals surface area contributed by atoms with Crippen LogP contribution in [-0.4, -0.2) is 34.7 Å². The van der Waals surface area contributed by atoms with E-state index in [4.69, 9.17) is 0 Å². The molecule has 0 spiro atoms. The van der Waals surface area contributed by atoms with Crippen molar-refractivity contribution in [3.63, 3.8) is 0 Å². The number of fused-ring (bicyclic) bond motifs is 1. The number of nitrogens with one attached hydrogen (secondary N) is 2. The molecule has 0 aromatic carbocycles. The van der Waals surface area contributed by atoms with Crippen molar-refractivity contribution in [1.82, 2.24) is 15.1 Å². The molecule has 0 radical (unpaired) electrons. The molecule has 4 heteroatoms. The molecular formula is C12H20N4. The number of hydrogen-bond acceptors (Lipinski definition) is 3. The van der Waals surface area contributed by atoms with Gasteiger partial charge >= 0.3 is 0 Å². The second-order valence-electron chi connectivity index (χ2n) is 4.78. The molecule has 1 saturated heterocycles. The molecule has 1 aromatic heterocycles. The Hall–Kier alpha value is -1.03. The number of H-pyrrole nitrogens is 1. The van der Waals surface area contributed by atoms with Crippen molar-refractivity contribution in [3.8, 4) is 0 Å². The monoisotopic (exact) mass is 220 g/mol. The van der Waals surface area contributed by atoms with Crippen molar-refractivity contribution in [2.24, 2.45) is 0 Å². The Morgan fingerprint density at radius 3 is 3.25 bits per heavy atom. The fraction of sp³-hybridized carbons (Fsp3) is 0.750. The quantitative estimate of drug-likeness (QED) is 0.800. The fourth-order valence-corrected chi connectivity index (χ4v) is 3.06. The summed E-state index contributed by atoms with van der Waals surface area (Å²) in [6.45, 7) is 5.69. The molecule has 2 aliphatic heterocycles. The molecule has 1 aromatic rings. The average Bonchev–Trinajstić information content (AvgIpc) is 2.91. The second kappa shape index (κ2) is 4.09.